The second-order valence-electron chi connectivity index (χ2n) is 8.33. The van der Waals surface area contributed by atoms with Gasteiger partial charge in [-0.05, 0) is 36.8 Å². The van der Waals surface area contributed by atoms with Gasteiger partial charge in [-0.3, -0.25) is 4.79 Å². The molecule has 5 aromatic rings. The number of hydrogen-bond donors (Lipinski definition) is 1. The molecule has 0 bridgehead atoms. The number of rotatable bonds is 7. The number of esters is 1. The predicted molar refractivity (Wildman–Crippen MR) is 150 cm³/mol. The van der Waals surface area contributed by atoms with Crippen LogP contribution in [0, 0.1) is 0 Å². The first-order chi connectivity index (χ1) is 17.5. The van der Waals surface area contributed by atoms with Crippen molar-refractivity contribution in [3.63, 3.8) is 0 Å². The predicted octanol–water partition coefficient (Wildman–Crippen LogP) is 8.09. The number of anilines is 1. The molecule has 0 radical (unpaired) electrons. The summed E-state index contributed by atoms with van der Waals surface area (Å²) in [6.45, 7) is 2.39. The number of pyridine rings is 1. The minimum absolute atomic E-state index is 0.306. The van der Waals surface area contributed by atoms with Crippen molar-refractivity contribution in [1.29, 1.82) is 0 Å². The fourth-order valence-corrected chi connectivity index (χ4v) is 5.53. The molecule has 0 aliphatic carbocycles. The van der Waals surface area contributed by atoms with Gasteiger partial charge in [-0.15, -0.1) is 11.3 Å². The lowest BCUT2D eigenvalue weighted by Crippen LogP contribution is -2.15. The zero-order valence-electron chi connectivity index (χ0n) is 19.6. The molecule has 2 heterocycles. The highest BCUT2D eigenvalue weighted by Crippen LogP contribution is 2.37. The first-order valence-electron chi connectivity index (χ1n) is 11.7. The Labute approximate surface area is 221 Å². The Hall–Kier alpha value is -3.55. The molecule has 180 valence electrons. The van der Waals surface area contributed by atoms with Gasteiger partial charge in [0, 0.05) is 25.5 Å². The van der Waals surface area contributed by atoms with E-state index in [1.807, 2.05) is 79.7 Å². The highest BCUT2D eigenvalue weighted by Gasteiger charge is 2.23. The average Bonchev–Trinajstić information content (AvgIpc) is 3.26. The van der Waals surface area contributed by atoms with Gasteiger partial charge in [-0.1, -0.05) is 77.8 Å². The fraction of sp³-hybridized carbons (Fsp3) is 0.138. The summed E-state index contributed by atoms with van der Waals surface area (Å²) in [7, 11) is 0. The Morgan fingerprint density at radius 3 is 2.56 bits per heavy atom. The molecule has 5 rings (SSSR count). The average molecular weight is 559 g/mol. The molecule has 0 saturated carbocycles. The molecule has 0 spiro atoms. The first kappa shape index (κ1) is 24.2. The van der Waals surface area contributed by atoms with Crippen molar-refractivity contribution in [2.24, 2.45) is 0 Å². The van der Waals surface area contributed by atoms with Crippen molar-refractivity contribution < 1.29 is 14.3 Å². The number of carbonyl (C=O) groups excluding carboxylic acids is 2. The van der Waals surface area contributed by atoms with Crippen LogP contribution in [0.25, 0.3) is 32.2 Å². The Bertz CT molecular complexity index is 1590. The number of thiophene rings is 1. The standard InChI is InChI=1S/C29H23BrN2O3S/c1-2-3-15-35-29(34)26-21-12-5-7-14-25(21)36-28(26)32-27(33)22-17-24(18-9-8-10-19(30)16-18)31-23-13-6-4-11-20(22)23/h4-14,16-17H,2-3,15H2,1H3,(H,32,33). The minimum atomic E-state index is -0.425. The fourth-order valence-electron chi connectivity index (χ4n) is 4.05. The number of carbonyl (C=O) groups is 2. The number of halogens is 1. The third-order valence-corrected chi connectivity index (χ3v) is 7.42. The van der Waals surface area contributed by atoms with E-state index in [-0.39, 0.29) is 5.91 Å². The van der Waals surface area contributed by atoms with Gasteiger partial charge < -0.3 is 10.1 Å². The summed E-state index contributed by atoms with van der Waals surface area (Å²) >= 11 is 4.88. The van der Waals surface area contributed by atoms with Gasteiger partial charge in [0.15, 0.2) is 0 Å². The van der Waals surface area contributed by atoms with Crippen LogP contribution in [-0.2, 0) is 4.74 Å². The molecule has 1 amide bonds. The molecule has 7 heteroatoms. The Morgan fingerprint density at radius 1 is 0.972 bits per heavy atom. The normalized spacial score (nSPS) is 11.1. The molecule has 0 aliphatic rings. The molecule has 0 fully saturated rings. The van der Waals surface area contributed by atoms with Crippen LogP contribution in [0.4, 0.5) is 5.00 Å². The van der Waals surface area contributed by atoms with E-state index < -0.39 is 5.97 Å². The van der Waals surface area contributed by atoms with Crippen molar-refractivity contribution in [3.8, 4) is 11.3 Å². The summed E-state index contributed by atoms with van der Waals surface area (Å²) in [5.74, 6) is -0.732. The third-order valence-electron chi connectivity index (χ3n) is 5.84. The molecule has 0 saturated heterocycles. The van der Waals surface area contributed by atoms with Gasteiger partial charge in [0.25, 0.3) is 5.91 Å². The van der Waals surface area contributed by atoms with Crippen molar-refractivity contribution in [1.82, 2.24) is 4.98 Å². The van der Waals surface area contributed by atoms with Crippen LogP contribution in [0.3, 0.4) is 0 Å². The number of hydrogen-bond acceptors (Lipinski definition) is 5. The highest BCUT2D eigenvalue weighted by atomic mass is 79.9. The van der Waals surface area contributed by atoms with Crippen LogP contribution in [-0.4, -0.2) is 23.5 Å². The molecule has 5 nitrogen and oxygen atoms in total. The molecule has 0 atom stereocenters. The van der Waals surface area contributed by atoms with Crippen molar-refractivity contribution in [2.75, 3.05) is 11.9 Å². The molecular formula is C29H23BrN2O3S. The maximum atomic E-state index is 13.7. The summed E-state index contributed by atoms with van der Waals surface area (Å²) < 4.78 is 7.36. The first-order valence-corrected chi connectivity index (χ1v) is 13.3. The van der Waals surface area contributed by atoms with Crippen molar-refractivity contribution in [2.45, 2.75) is 19.8 Å². The zero-order valence-corrected chi connectivity index (χ0v) is 22.0. The number of nitrogens with zero attached hydrogens (tertiary/aromatic N) is 1. The molecular weight excluding hydrogens is 536 g/mol. The van der Waals surface area contributed by atoms with Crippen LogP contribution < -0.4 is 5.32 Å². The molecule has 0 unspecified atom stereocenters. The topological polar surface area (TPSA) is 68.3 Å². The van der Waals surface area contributed by atoms with E-state index in [0.717, 1.165) is 43.9 Å². The van der Waals surface area contributed by atoms with Crippen molar-refractivity contribution >= 4 is 65.1 Å². The zero-order chi connectivity index (χ0) is 25.1. The second-order valence-corrected chi connectivity index (χ2v) is 10.3. The van der Waals surface area contributed by atoms with Gasteiger partial charge in [0.1, 0.15) is 10.6 Å². The number of benzene rings is 3. The van der Waals surface area contributed by atoms with Crippen LogP contribution in [0.1, 0.15) is 40.5 Å². The number of nitrogens with one attached hydrogen (secondary N) is 1. The molecule has 36 heavy (non-hydrogen) atoms. The Kier molecular flexibility index (Phi) is 7.11. The van der Waals surface area contributed by atoms with E-state index in [1.165, 1.54) is 11.3 Å². The lowest BCUT2D eigenvalue weighted by atomic mass is 10.0. The highest BCUT2D eigenvalue weighted by molar-refractivity contribution is 9.10. The second kappa shape index (κ2) is 10.6. The van der Waals surface area contributed by atoms with Gasteiger partial charge in [-0.25, -0.2) is 9.78 Å². The van der Waals surface area contributed by atoms with Crippen LogP contribution >= 0.6 is 27.3 Å². The number of aromatic nitrogens is 1. The van der Waals surface area contributed by atoms with Gasteiger partial charge in [0.05, 0.1) is 23.4 Å². The van der Waals surface area contributed by atoms with E-state index >= 15 is 0 Å². The lowest BCUT2D eigenvalue weighted by molar-refractivity contribution is 0.0503. The summed E-state index contributed by atoms with van der Waals surface area (Å²) in [5, 5.41) is 5.00. The van der Waals surface area contributed by atoms with E-state index in [2.05, 4.69) is 21.2 Å². The van der Waals surface area contributed by atoms with Gasteiger partial charge >= 0.3 is 5.97 Å². The maximum absolute atomic E-state index is 13.7. The summed E-state index contributed by atoms with van der Waals surface area (Å²) in [5.41, 5.74) is 3.18. The third kappa shape index (κ3) is 4.90. The summed E-state index contributed by atoms with van der Waals surface area (Å²) in [4.78, 5) is 31.5. The number of para-hydroxylation sites is 1. The quantitative estimate of drug-likeness (QED) is 0.162. The number of amides is 1. The molecule has 2 aromatic heterocycles. The largest absolute Gasteiger partial charge is 0.462 e. The molecule has 3 aromatic carbocycles. The van der Waals surface area contributed by atoms with Crippen LogP contribution in [0.15, 0.2) is 83.3 Å². The van der Waals surface area contributed by atoms with Gasteiger partial charge in [0.2, 0.25) is 0 Å². The van der Waals surface area contributed by atoms with Crippen LogP contribution in [0.2, 0.25) is 0 Å². The SMILES string of the molecule is CCCCOC(=O)c1c(NC(=O)c2cc(-c3cccc(Br)c3)nc3ccccc23)sc2ccccc12. The monoisotopic (exact) mass is 558 g/mol. The summed E-state index contributed by atoms with van der Waals surface area (Å²) in [6.07, 6.45) is 1.72. The number of fused-ring (bicyclic) bond motifs is 2. The summed E-state index contributed by atoms with van der Waals surface area (Å²) in [6, 6.07) is 24.8. The van der Waals surface area contributed by atoms with Gasteiger partial charge in [-0.2, -0.15) is 0 Å². The lowest BCUT2D eigenvalue weighted by Gasteiger charge is -2.11. The van der Waals surface area contributed by atoms with E-state index in [1.54, 1.807) is 6.07 Å². The Morgan fingerprint density at radius 2 is 1.75 bits per heavy atom. The van der Waals surface area contributed by atoms with E-state index in [9.17, 15) is 9.59 Å². The van der Waals surface area contributed by atoms with E-state index in [4.69, 9.17) is 9.72 Å². The number of ether oxygens (including phenoxy) is 1. The Balaban J connectivity index is 1.57. The molecule has 0 aliphatic heterocycles. The maximum Gasteiger partial charge on any atom is 0.341 e. The smallest absolute Gasteiger partial charge is 0.341 e. The van der Waals surface area contributed by atoms with E-state index in [0.29, 0.717) is 28.4 Å². The number of unbranched alkanes of at least 4 members (excludes halogenated alkanes) is 1. The van der Waals surface area contributed by atoms with Crippen molar-refractivity contribution in [3.05, 3.63) is 94.5 Å². The van der Waals surface area contributed by atoms with Crippen LogP contribution in [0.5, 0.6) is 0 Å². The molecule has 1 N–H and O–H groups in total. The minimum Gasteiger partial charge on any atom is -0.462 e.